The van der Waals surface area contributed by atoms with E-state index < -0.39 is 10.0 Å². The van der Waals surface area contributed by atoms with E-state index in [-0.39, 0.29) is 4.90 Å². The molecule has 0 aliphatic rings. The first kappa shape index (κ1) is 13.6. The molecule has 6 nitrogen and oxygen atoms in total. The van der Waals surface area contributed by atoms with Crippen molar-refractivity contribution in [3.8, 4) is 17.2 Å². The fourth-order valence-electron chi connectivity index (χ4n) is 1.58. The molecule has 1 heterocycles. The molecule has 0 atom stereocenters. The molecule has 1 aromatic heterocycles. The Hall–Kier alpha value is -1.86. The number of hydrogen-bond donors (Lipinski definition) is 0. The minimum atomic E-state index is -3.51. The number of rotatable bonds is 4. The van der Waals surface area contributed by atoms with Crippen molar-refractivity contribution < 1.29 is 17.6 Å². The molecule has 0 saturated heterocycles. The average molecular weight is 282 g/mol. The Morgan fingerprint density at radius 3 is 2.58 bits per heavy atom. The van der Waals surface area contributed by atoms with Crippen LogP contribution in [-0.2, 0) is 10.0 Å². The summed E-state index contributed by atoms with van der Waals surface area (Å²) in [6.45, 7) is 0. The van der Waals surface area contributed by atoms with E-state index >= 15 is 0 Å². The van der Waals surface area contributed by atoms with Gasteiger partial charge >= 0.3 is 0 Å². The molecule has 0 fully saturated rings. The van der Waals surface area contributed by atoms with Crippen molar-refractivity contribution in [3.63, 3.8) is 0 Å². The molecule has 0 bridgehead atoms. The summed E-state index contributed by atoms with van der Waals surface area (Å²) in [7, 11) is 0.948. The summed E-state index contributed by atoms with van der Waals surface area (Å²) in [6, 6.07) is 4.55. The van der Waals surface area contributed by atoms with Crippen molar-refractivity contribution in [2.45, 2.75) is 4.90 Å². The molecule has 0 unspecified atom stereocenters. The zero-order chi connectivity index (χ0) is 14.0. The maximum atomic E-state index is 12.1. The standard InChI is InChI=1S/C12H14N2O4S/c1-14(2)19(15,16)9-4-5-11(17-3)10(8-9)12-13-6-7-18-12/h4-8H,1-3H3. The first-order chi connectivity index (χ1) is 8.96. The Bertz CT molecular complexity index is 663. The topological polar surface area (TPSA) is 72.6 Å². The maximum absolute atomic E-state index is 12.1. The molecule has 0 radical (unpaired) electrons. The van der Waals surface area contributed by atoms with E-state index in [9.17, 15) is 8.42 Å². The van der Waals surface area contributed by atoms with E-state index in [0.717, 1.165) is 4.31 Å². The second kappa shape index (κ2) is 5.02. The van der Waals surface area contributed by atoms with Gasteiger partial charge in [-0.3, -0.25) is 0 Å². The fraction of sp³-hybridized carbons (Fsp3) is 0.250. The first-order valence-corrected chi connectivity index (χ1v) is 6.91. The van der Waals surface area contributed by atoms with Crippen molar-refractivity contribution in [2.75, 3.05) is 21.2 Å². The Kier molecular flexibility index (Phi) is 3.59. The van der Waals surface area contributed by atoms with Crippen molar-refractivity contribution in [1.82, 2.24) is 9.29 Å². The lowest BCUT2D eigenvalue weighted by atomic mass is 10.2. The number of oxazole rings is 1. The zero-order valence-corrected chi connectivity index (χ0v) is 11.6. The molecule has 1 aromatic carbocycles. The summed E-state index contributed by atoms with van der Waals surface area (Å²) in [5.74, 6) is 0.813. The predicted molar refractivity (Wildman–Crippen MR) is 69.4 cm³/mol. The van der Waals surface area contributed by atoms with Gasteiger partial charge in [0.25, 0.3) is 0 Å². The minimum absolute atomic E-state index is 0.159. The molecule has 0 aliphatic carbocycles. The van der Waals surface area contributed by atoms with E-state index in [1.165, 1.54) is 45.8 Å². The van der Waals surface area contributed by atoms with Crippen molar-refractivity contribution >= 4 is 10.0 Å². The number of methoxy groups -OCH3 is 1. The lowest BCUT2D eigenvalue weighted by molar-refractivity contribution is 0.414. The number of benzene rings is 1. The molecular weight excluding hydrogens is 268 g/mol. The van der Waals surface area contributed by atoms with Crippen LogP contribution in [0.15, 0.2) is 40.0 Å². The van der Waals surface area contributed by atoms with Crippen LogP contribution in [0.4, 0.5) is 0 Å². The van der Waals surface area contributed by atoms with Crippen LogP contribution in [0.1, 0.15) is 0 Å². The van der Waals surface area contributed by atoms with Crippen LogP contribution in [0, 0.1) is 0 Å². The molecule has 0 N–H and O–H groups in total. The van der Waals surface area contributed by atoms with Gasteiger partial charge in [0, 0.05) is 14.1 Å². The van der Waals surface area contributed by atoms with E-state index in [1.54, 1.807) is 6.07 Å². The lowest BCUT2D eigenvalue weighted by Gasteiger charge is -2.13. The van der Waals surface area contributed by atoms with Crippen LogP contribution in [0.5, 0.6) is 5.75 Å². The second-order valence-corrected chi connectivity index (χ2v) is 6.14. The third kappa shape index (κ3) is 2.47. The van der Waals surface area contributed by atoms with Gasteiger partial charge in [0.1, 0.15) is 12.0 Å². The maximum Gasteiger partial charge on any atom is 0.242 e. The van der Waals surface area contributed by atoms with Crippen LogP contribution < -0.4 is 4.74 Å². The fourth-order valence-corrected chi connectivity index (χ4v) is 2.51. The van der Waals surface area contributed by atoms with Crippen LogP contribution in [-0.4, -0.2) is 38.9 Å². The Morgan fingerprint density at radius 1 is 1.32 bits per heavy atom. The molecule has 0 spiro atoms. The van der Waals surface area contributed by atoms with Gasteiger partial charge in [-0.25, -0.2) is 17.7 Å². The third-order valence-electron chi connectivity index (χ3n) is 2.61. The molecule has 0 saturated carbocycles. The molecule has 7 heteroatoms. The predicted octanol–water partition coefficient (Wildman–Crippen LogP) is 1.60. The van der Waals surface area contributed by atoms with Gasteiger partial charge in [-0.05, 0) is 18.2 Å². The summed E-state index contributed by atoms with van der Waals surface area (Å²) >= 11 is 0. The van der Waals surface area contributed by atoms with Crippen LogP contribution >= 0.6 is 0 Å². The summed E-state index contributed by atoms with van der Waals surface area (Å²) in [6.07, 6.45) is 2.91. The molecule has 2 aromatic rings. The lowest BCUT2D eigenvalue weighted by Crippen LogP contribution is -2.22. The first-order valence-electron chi connectivity index (χ1n) is 5.47. The van der Waals surface area contributed by atoms with Gasteiger partial charge < -0.3 is 9.15 Å². The summed E-state index contributed by atoms with van der Waals surface area (Å²) in [5.41, 5.74) is 0.496. The van der Waals surface area contributed by atoms with Gasteiger partial charge in [0.15, 0.2) is 0 Å². The smallest absolute Gasteiger partial charge is 0.242 e. The normalized spacial score (nSPS) is 11.8. The highest BCUT2D eigenvalue weighted by atomic mass is 32.2. The van der Waals surface area contributed by atoms with Gasteiger partial charge in [-0.15, -0.1) is 0 Å². The van der Waals surface area contributed by atoms with Gasteiger partial charge in [-0.2, -0.15) is 0 Å². The van der Waals surface area contributed by atoms with Crippen molar-refractivity contribution in [1.29, 1.82) is 0 Å². The number of nitrogens with zero attached hydrogens (tertiary/aromatic N) is 2. The van der Waals surface area contributed by atoms with Crippen LogP contribution in [0.3, 0.4) is 0 Å². The highest BCUT2D eigenvalue weighted by molar-refractivity contribution is 7.89. The quantitative estimate of drug-likeness (QED) is 0.851. The van der Waals surface area contributed by atoms with Crippen LogP contribution in [0.25, 0.3) is 11.5 Å². The third-order valence-corrected chi connectivity index (χ3v) is 4.42. The number of ether oxygens (including phenoxy) is 1. The molecule has 0 amide bonds. The molecule has 0 aliphatic heterocycles. The minimum Gasteiger partial charge on any atom is -0.496 e. The SMILES string of the molecule is COc1ccc(S(=O)(=O)N(C)C)cc1-c1ncco1. The Balaban J connectivity index is 2.61. The van der Waals surface area contributed by atoms with E-state index in [1.807, 2.05) is 0 Å². The second-order valence-electron chi connectivity index (χ2n) is 3.99. The number of aromatic nitrogens is 1. The van der Waals surface area contributed by atoms with E-state index in [4.69, 9.17) is 9.15 Å². The number of sulfonamides is 1. The zero-order valence-electron chi connectivity index (χ0n) is 10.8. The van der Waals surface area contributed by atoms with Crippen LogP contribution in [0.2, 0.25) is 0 Å². The van der Waals surface area contributed by atoms with Crippen molar-refractivity contribution in [3.05, 3.63) is 30.7 Å². The van der Waals surface area contributed by atoms with E-state index in [0.29, 0.717) is 17.2 Å². The molecular formula is C12H14N2O4S. The summed E-state index contributed by atoms with van der Waals surface area (Å²) in [5, 5.41) is 0. The van der Waals surface area contributed by atoms with Crippen molar-refractivity contribution in [2.24, 2.45) is 0 Å². The largest absolute Gasteiger partial charge is 0.496 e. The molecule has 102 valence electrons. The Morgan fingerprint density at radius 2 is 2.05 bits per heavy atom. The average Bonchev–Trinajstić information content (AvgIpc) is 2.91. The van der Waals surface area contributed by atoms with Gasteiger partial charge in [0.05, 0.1) is 23.8 Å². The highest BCUT2D eigenvalue weighted by Crippen LogP contribution is 2.31. The number of hydrogen-bond acceptors (Lipinski definition) is 5. The van der Waals surface area contributed by atoms with Gasteiger partial charge in [-0.1, -0.05) is 0 Å². The van der Waals surface area contributed by atoms with Gasteiger partial charge in [0.2, 0.25) is 15.9 Å². The monoisotopic (exact) mass is 282 g/mol. The Labute approximate surface area is 111 Å². The molecule has 2 rings (SSSR count). The molecule has 19 heavy (non-hydrogen) atoms. The summed E-state index contributed by atoms with van der Waals surface area (Å²) in [4.78, 5) is 4.17. The highest BCUT2D eigenvalue weighted by Gasteiger charge is 2.20. The van der Waals surface area contributed by atoms with E-state index in [2.05, 4.69) is 4.98 Å². The summed E-state index contributed by atoms with van der Waals surface area (Å²) < 4.78 is 35.7.